The van der Waals surface area contributed by atoms with Crippen LogP contribution >= 0.6 is 0 Å². The molecule has 2 rings (SSSR count). The summed E-state index contributed by atoms with van der Waals surface area (Å²) in [5.74, 6) is -0.651. The van der Waals surface area contributed by atoms with Crippen LogP contribution < -0.4 is 10.2 Å². The van der Waals surface area contributed by atoms with Crippen LogP contribution in [-0.4, -0.2) is 29.0 Å². The number of anilines is 1. The van der Waals surface area contributed by atoms with Gasteiger partial charge in [0.15, 0.2) is 0 Å². The van der Waals surface area contributed by atoms with Crippen molar-refractivity contribution < 1.29 is 14.7 Å². The molecular formula is C14H18N2O3. The van der Waals surface area contributed by atoms with Crippen molar-refractivity contribution in [2.45, 2.75) is 32.9 Å². The molecule has 0 radical (unpaired) electrons. The zero-order valence-electron chi connectivity index (χ0n) is 11.4. The van der Waals surface area contributed by atoms with Crippen molar-refractivity contribution in [2.24, 2.45) is 0 Å². The van der Waals surface area contributed by atoms with Crippen LogP contribution in [0.3, 0.4) is 0 Å². The van der Waals surface area contributed by atoms with Gasteiger partial charge in [-0.05, 0) is 26.8 Å². The summed E-state index contributed by atoms with van der Waals surface area (Å²) >= 11 is 0. The van der Waals surface area contributed by atoms with E-state index in [0.717, 1.165) is 16.8 Å². The zero-order chi connectivity index (χ0) is 14.2. The van der Waals surface area contributed by atoms with E-state index in [1.165, 1.54) is 0 Å². The first-order valence-corrected chi connectivity index (χ1v) is 6.18. The number of aliphatic hydroxyl groups excluding tert-OH is 1. The lowest BCUT2D eigenvalue weighted by Gasteiger charge is -2.42. The first-order valence-electron chi connectivity index (χ1n) is 6.18. The molecule has 2 amide bonds. The highest BCUT2D eigenvalue weighted by atomic mass is 16.3. The number of benzene rings is 1. The molecule has 1 heterocycles. The molecule has 1 aliphatic heterocycles. The first-order chi connectivity index (χ1) is 8.86. The van der Waals surface area contributed by atoms with Crippen molar-refractivity contribution in [3.05, 3.63) is 29.3 Å². The van der Waals surface area contributed by atoms with Crippen LogP contribution in [0.4, 0.5) is 5.69 Å². The lowest BCUT2D eigenvalue weighted by atomic mass is 9.96. The lowest BCUT2D eigenvalue weighted by Crippen LogP contribution is -2.64. The Morgan fingerprint density at radius 2 is 2.05 bits per heavy atom. The molecule has 1 fully saturated rings. The number of aliphatic hydroxyl groups is 1. The van der Waals surface area contributed by atoms with Gasteiger partial charge < -0.3 is 10.0 Å². The molecule has 0 atom stereocenters. The van der Waals surface area contributed by atoms with Crippen LogP contribution in [0.1, 0.15) is 25.0 Å². The van der Waals surface area contributed by atoms with Crippen LogP contribution in [0, 0.1) is 6.92 Å². The largest absolute Gasteiger partial charge is 0.392 e. The second kappa shape index (κ2) is 4.66. The summed E-state index contributed by atoms with van der Waals surface area (Å²) in [5, 5.41) is 11.8. The average molecular weight is 262 g/mol. The molecule has 2 N–H and O–H groups in total. The fourth-order valence-corrected chi connectivity index (χ4v) is 2.27. The van der Waals surface area contributed by atoms with Crippen molar-refractivity contribution in [3.63, 3.8) is 0 Å². The fraction of sp³-hybridized carbons (Fsp3) is 0.429. The van der Waals surface area contributed by atoms with E-state index < -0.39 is 5.54 Å². The molecule has 1 aliphatic rings. The van der Waals surface area contributed by atoms with Gasteiger partial charge in [-0.3, -0.25) is 14.9 Å². The summed E-state index contributed by atoms with van der Waals surface area (Å²) in [7, 11) is 0. The second-order valence-electron chi connectivity index (χ2n) is 5.31. The molecule has 0 spiro atoms. The molecule has 102 valence electrons. The Bertz CT molecular complexity index is 537. The van der Waals surface area contributed by atoms with Gasteiger partial charge in [-0.1, -0.05) is 17.7 Å². The standard InChI is InChI=1S/C14H18N2O3/c1-9-4-5-11(10(6-9)8-17)16-7-12(18)15-13(19)14(16,2)3/h4-6,17H,7-8H2,1-3H3,(H,15,18,19). The second-order valence-corrected chi connectivity index (χ2v) is 5.31. The minimum atomic E-state index is -0.826. The smallest absolute Gasteiger partial charge is 0.251 e. The van der Waals surface area contributed by atoms with Crippen molar-refractivity contribution >= 4 is 17.5 Å². The predicted molar refractivity (Wildman–Crippen MR) is 71.7 cm³/mol. The molecule has 1 aromatic carbocycles. The molecule has 0 aliphatic carbocycles. The molecule has 19 heavy (non-hydrogen) atoms. The van der Waals surface area contributed by atoms with Crippen LogP contribution in [0.15, 0.2) is 18.2 Å². The van der Waals surface area contributed by atoms with Gasteiger partial charge in [0, 0.05) is 11.3 Å². The van der Waals surface area contributed by atoms with Crippen molar-refractivity contribution in [3.8, 4) is 0 Å². The lowest BCUT2D eigenvalue weighted by molar-refractivity contribution is -0.135. The maximum atomic E-state index is 11.9. The molecule has 1 saturated heterocycles. The van der Waals surface area contributed by atoms with Gasteiger partial charge >= 0.3 is 0 Å². The predicted octanol–water partition coefficient (Wildman–Crippen LogP) is 0.729. The number of carbonyl (C=O) groups excluding carboxylic acids is 2. The van der Waals surface area contributed by atoms with E-state index in [-0.39, 0.29) is 25.0 Å². The maximum absolute atomic E-state index is 11.9. The van der Waals surface area contributed by atoms with Crippen molar-refractivity contribution in [1.29, 1.82) is 0 Å². The molecular weight excluding hydrogens is 244 g/mol. The number of imide groups is 1. The van der Waals surface area contributed by atoms with Gasteiger partial charge in [-0.25, -0.2) is 0 Å². The molecule has 0 bridgehead atoms. The third-order valence-corrected chi connectivity index (χ3v) is 3.48. The highest BCUT2D eigenvalue weighted by Gasteiger charge is 2.41. The summed E-state index contributed by atoms with van der Waals surface area (Å²) in [6, 6.07) is 5.61. The third kappa shape index (κ3) is 2.33. The number of hydrogen-bond donors (Lipinski definition) is 2. The Morgan fingerprint density at radius 1 is 1.37 bits per heavy atom. The molecule has 0 aromatic heterocycles. The Kier molecular flexibility index (Phi) is 3.32. The summed E-state index contributed by atoms with van der Waals surface area (Å²) in [4.78, 5) is 25.3. The Balaban J connectivity index is 2.49. The van der Waals surface area contributed by atoms with Gasteiger partial charge in [0.05, 0.1) is 13.2 Å². The van der Waals surface area contributed by atoms with Gasteiger partial charge in [-0.15, -0.1) is 0 Å². The molecule has 0 saturated carbocycles. The average Bonchev–Trinajstić information content (AvgIpc) is 2.34. The van der Waals surface area contributed by atoms with E-state index in [0.29, 0.717) is 0 Å². The molecule has 5 heteroatoms. The topological polar surface area (TPSA) is 69.6 Å². The number of amides is 2. The minimum Gasteiger partial charge on any atom is -0.392 e. The number of carbonyl (C=O) groups is 2. The number of nitrogens with zero attached hydrogens (tertiary/aromatic N) is 1. The number of rotatable bonds is 2. The van der Waals surface area contributed by atoms with E-state index in [1.807, 2.05) is 25.1 Å². The van der Waals surface area contributed by atoms with Crippen LogP contribution in [-0.2, 0) is 16.2 Å². The van der Waals surface area contributed by atoms with Gasteiger partial charge in [-0.2, -0.15) is 0 Å². The normalized spacial score (nSPS) is 18.4. The minimum absolute atomic E-state index is 0.106. The highest BCUT2D eigenvalue weighted by molar-refractivity contribution is 6.06. The van der Waals surface area contributed by atoms with Crippen LogP contribution in [0.25, 0.3) is 0 Å². The number of aryl methyl sites for hydroxylation is 1. The van der Waals surface area contributed by atoms with E-state index >= 15 is 0 Å². The quantitative estimate of drug-likeness (QED) is 0.771. The Labute approximate surface area is 112 Å². The van der Waals surface area contributed by atoms with E-state index in [2.05, 4.69) is 5.32 Å². The monoisotopic (exact) mass is 262 g/mol. The number of piperazine rings is 1. The van der Waals surface area contributed by atoms with Crippen LogP contribution in [0.2, 0.25) is 0 Å². The SMILES string of the molecule is Cc1ccc(N2CC(=O)NC(=O)C2(C)C)c(CO)c1. The number of nitrogens with one attached hydrogen (secondary N) is 1. The van der Waals surface area contributed by atoms with Gasteiger partial charge in [0.2, 0.25) is 5.91 Å². The van der Waals surface area contributed by atoms with Gasteiger partial charge in [0.25, 0.3) is 5.91 Å². The third-order valence-electron chi connectivity index (χ3n) is 3.48. The highest BCUT2D eigenvalue weighted by Crippen LogP contribution is 2.30. The molecule has 0 unspecified atom stereocenters. The maximum Gasteiger partial charge on any atom is 0.251 e. The van der Waals surface area contributed by atoms with E-state index in [1.54, 1.807) is 18.7 Å². The molecule has 1 aromatic rings. The summed E-state index contributed by atoms with van der Waals surface area (Å²) in [6.45, 7) is 5.43. The van der Waals surface area contributed by atoms with E-state index in [4.69, 9.17) is 0 Å². The number of hydrogen-bond acceptors (Lipinski definition) is 4. The summed E-state index contributed by atoms with van der Waals surface area (Å²) in [6.07, 6.45) is 0. The first kappa shape index (κ1) is 13.5. The van der Waals surface area contributed by atoms with Crippen molar-refractivity contribution in [1.82, 2.24) is 5.32 Å². The molecule has 5 nitrogen and oxygen atoms in total. The van der Waals surface area contributed by atoms with Crippen LogP contribution in [0.5, 0.6) is 0 Å². The van der Waals surface area contributed by atoms with E-state index in [9.17, 15) is 14.7 Å². The van der Waals surface area contributed by atoms with Crippen molar-refractivity contribution in [2.75, 3.05) is 11.4 Å². The Morgan fingerprint density at radius 3 is 2.68 bits per heavy atom. The summed E-state index contributed by atoms with van der Waals surface area (Å²) < 4.78 is 0. The Hall–Kier alpha value is -1.88. The van der Waals surface area contributed by atoms with Gasteiger partial charge in [0.1, 0.15) is 5.54 Å². The fourth-order valence-electron chi connectivity index (χ4n) is 2.27. The zero-order valence-corrected chi connectivity index (χ0v) is 11.4. The summed E-state index contributed by atoms with van der Waals surface area (Å²) in [5.41, 5.74) is 1.64.